The number of carbonyl (C=O) groups is 1. The second-order valence-corrected chi connectivity index (χ2v) is 7.17. The summed E-state index contributed by atoms with van der Waals surface area (Å²) < 4.78 is 27.7. The van der Waals surface area contributed by atoms with Crippen LogP contribution < -0.4 is 10.2 Å². The molecule has 3 aromatic carbocycles. The van der Waals surface area contributed by atoms with Crippen molar-refractivity contribution in [1.29, 1.82) is 0 Å². The number of oxime groups is 1. The van der Waals surface area contributed by atoms with Crippen LogP contribution in [-0.4, -0.2) is 21.9 Å². The lowest BCUT2D eigenvalue weighted by Crippen LogP contribution is -2.14. The van der Waals surface area contributed by atoms with Gasteiger partial charge in [-0.25, -0.2) is 8.78 Å². The summed E-state index contributed by atoms with van der Waals surface area (Å²) in [5, 5.41) is 10.4. The molecule has 1 N–H and O–H groups in total. The summed E-state index contributed by atoms with van der Waals surface area (Å²) in [4.78, 5) is 18.1. The van der Waals surface area contributed by atoms with Gasteiger partial charge in [0.15, 0.2) is 5.75 Å². The van der Waals surface area contributed by atoms with Crippen molar-refractivity contribution in [3.63, 3.8) is 0 Å². The number of hydrogen-bond acceptors (Lipinski definition) is 4. The van der Waals surface area contributed by atoms with Crippen LogP contribution in [0.15, 0.2) is 90.2 Å². The molecule has 4 rings (SSSR count). The van der Waals surface area contributed by atoms with Crippen LogP contribution in [0.5, 0.6) is 5.75 Å². The zero-order valence-electron chi connectivity index (χ0n) is 17.7. The number of aryl methyl sites for hydroxylation is 1. The van der Waals surface area contributed by atoms with Crippen molar-refractivity contribution < 1.29 is 18.4 Å². The normalized spacial score (nSPS) is 11.2. The molecule has 4 aromatic rings. The second kappa shape index (κ2) is 9.86. The molecule has 166 valence electrons. The number of rotatable bonds is 7. The molecule has 0 aliphatic rings. The molecule has 0 saturated carbocycles. The number of para-hydroxylation sites is 2. The number of aromatic nitrogens is 2. The summed E-state index contributed by atoms with van der Waals surface area (Å²) in [5.41, 5.74) is 2.10. The first-order chi connectivity index (χ1) is 16.0. The summed E-state index contributed by atoms with van der Waals surface area (Å²) in [5.74, 6) is -0.0311. The van der Waals surface area contributed by atoms with Crippen LogP contribution in [-0.2, 0) is 7.05 Å². The van der Waals surface area contributed by atoms with Crippen LogP contribution in [0.25, 0.3) is 11.1 Å². The minimum absolute atomic E-state index is 0.166. The van der Waals surface area contributed by atoms with E-state index in [9.17, 15) is 13.6 Å². The molecule has 0 bridgehead atoms. The molecule has 0 aliphatic carbocycles. The van der Waals surface area contributed by atoms with Gasteiger partial charge in [-0.05, 0) is 35.4 Å². The van der Waals surface area contributed by atoms with Crippen molar-refractivity contribution in [2.24, 2.45) is 12.2 Å². The van der Waals surface area contributed by atoms with Gasteiger partial charge in [-0.15, -0.1) is 0 Å². The van der Waals surface area contributed by atoms with E-state index in [1.165, 1.54) is 17.9 Å². The molecule has 8 heteroatoms. The molecular weight excluding hydrogens is 426 g/mol. The van der Waals surface area contributed by atoms with Crippen LogP contribution in [0.2, 0.25) is 0 Å². The summed E-state index contributed by atoms with van der Waals surface area (Å²) in [6, 6.07) is 23.8. The topological polar surface area (TPSA) is 68.5 Å². The van der Waals surface area contributed by atoms with Gasteiger partial charge in [0.1, 0.15) is 5.69 Å². The van der Waals surface area contributed by atoms with Gasteiger partial charge < -0.3 is 10.2 Å². The Morgan fingerprint density at radius 2 is 1.82 bits per heavy atom. The number of hydrogen-bond donors (Lipinski definition) is 1. The number of benzene rings is 3. The van der Waals surface area contributed by atoms with E-state index >= 15 is 0 Å². The maximum atomic E-state index is 13.3. The maximum Gasteiger partial charge on any atom is 0.282 e. The number of carbonyl (C=O) groups excluding carboxylic acids is 1. The van der Waals surface area contributed by atoms with Crippen molar-refractivity contribution in [2.75, 3.05) is 5.32 Å². The van der Waals surface area contributed by atoms with E-state index in [0.717, 1.165) is 16.7 Å². The molecule has 0 saturated heterocycles. The molecule has 0 spiro atoms. The highest BCUT2D eigenvalue weighted by Crippen LogP contribution is 2.29. The molecule has 0 aliphatic heterocycles. The van der Waals surface area contributed by atoms with E-state index < -0.39 is 18.0 Å². The first kappa shape index (κ1) is 21.9. The number of halogens is 2. The van der Waals surface area contributed by atoms with Gasteiger partial charge in [-0.2, -0.15) is 5.10 Å². The third kappa shape index (κ3) is 5.30. The molecule has 0 unspecified atom stereocenters. The molecule has 1 aromatic heterocycles. The predicted molar refractivity (Wildman–Crippen MR) is 123 cm³/mol. The third-order valence-corrected chi connectivity index (χ3v) is 4.78. The van der Waals surface area contributed by atoms with Gasteiger partial charge in [-0.1, -0.05) is 59.8 Å². The van der Waals surface area contributed by atoms with Crippen LogP contribution in [0, 0.1) is 0 Å². The Bertz CT molecular complexity index is 1290. The summed E-state index contributed by atoms with van der Waals surface area (Å²) in [6.45, 7) is 0. The van der Waals surface area contributed by atoms with Crippen molar-refractivity contribution in [3.05, 3.63) is 102 Å². The minimum Gasteiger partial charge on any atom is -0.357 e. The lowest BCUT2D eigenvalue weighted by molar-refractivity contribution is 0.101. The number of nitrogens with zero attached hydrogens (tertiary/aromatic N) is 3. The lowest BCUT2D eigenvalue weighted by atomic mass is 10.0. The summed E-state index contributed by atoms with van der Waals surface area (Å²) >= 11 is 0. The Morgan fingerprint density at radius 3 is 2.61 bits per heavy atom. The van der Waals surface area contributed by atoms with E-state index in [1.54, 1.807) is 30.5 Å². The highest BCUT2D eigenvalue weighted by atomic mass is 19.3. The molecule has 0 radical (unpaired) electrons. The molecule has 1 amide bonds. The number of alkyl halides is 2. The van der Waals surface area contributed by atoms with Crippen molar-refractivity contribution >= 4 is 17.8 Å². The minimum atomic E-state index is -2.85. The molecule has 0 atom stereocenters. The van der Waals surface area contributed by atoms with Crippen molar-refractivity contribution in [1.82, 2.24) is 9.78 Å². The van der Waals surface area contributed by atoms with Gasteiger partial charge >= 0.3 is 0 Å². The first-order valence-corrected chi connectivity index (χ1v) is 10.1. The van der Waals surface area contributed by atoms with E-state index in [1.807, 2.05) is 54.6 Å². The molecule has 33 heavy (non-hydrogen) atoms. The smallest absolute Gasteiger partial charge is 0.282 e. The van der Waals surface area contributed by atoms with Crippen LogP contribution in [0.4, 0.5) is 14.5 Å². The number of amides is 1. The average Bonchev–Trinajstić information content (AvgIpc) is 3.23. The van der Waals surface area contributed by atoms with Gasteiger partial charge in [0, 0.05) is 24.5 Å². The van der Waals surface area contributed by atoms with Gasteiger partial charge in [0.25, 0.3) is 12.3 Å². The predicted octanol–water partition coefficient (Wildman–Crippen LogP) is 5.69. The van der Waals surface area contributed by atoms with Gasteiger partial charge in [0.05, 0.1) is 11.8 Å². The fraction of sp³-hybridized carbons (Fsp3) is 0.0800. The molecule has 0 fully saturated rings. The largest absolute Gasteiger partial charge is 0.357 e. The standard InChI is InChI=1S/C25H20F2N4O2/c1-31-16-21(23(30-31)24(26)27)25(32)29-22-13-6-5-12-20(22)18-9-7-8-17(14-18)15-28-33-19-10-3-2-4-11-19/h2-16,24H,1H3,(H,29,32)/b28-15+. The zero-order chi connectivity index (χ0) is 23.2. The quantitative estimate of drug-likeness (QED) is 0.293. The Morgan fingerprint density at radius 1 is 1.06 bits per heavy atom. The lowest BCUT2D eigenvalue weighted by Gasteiger charge is -2.12. The first-order valence-electron chi connectivity index (χ1n) is 10.1. The van der Waals surface area contributed by atoms with Crippen LogP contribution in [0.3, 0.4) is 0 Å². The number of nitrogens with one attached hydrogen (secondary N) is 1. The van der Waals surface area contributed by atoms with Crippen molar-refractivity contribution in [3.8, 4) is 16.9 Å². The molecule has 1 heterocycles. The SMILES string of the molecule is Cn1cc(C(=O)Nc2ccccc2-c2cccc(/C=N/Oc3ccccc3)c2)c(C(F)F)n1. The highest BCUT2D eigenvalue weighted by molar-refractivity contribution is 6.07. The van der Waals surface area contributed by atoms with Crippen molar-refractivity contribution in [2.45, 2.75) is 6.43 Å². The van der Waals surface area contributed by atoms with Crippen LogP contribution >= 0.6 is 0 Å². The average molecular weight is 446 g/mol. The summed E-state index contributed by atoms with van der Waals surface area (Å²) in [7, 11) is 1.49. The molecule has 6 nitrogen and oxygen atoms in total. The fourth-order valence-electron chi connectivity index (χ4n) is 3.29. The Kier molecular flexibility index (Phi) is 6.54. The fourth-order valence-corrected chi connectivity index (χ4v) is 3.29. The Labute approximate surface area is 189 Å². The Hall–Kier alpha value is -4.33. The van der Waals surface area contributed by atoms with E-state index in [4.69, 9.17) is 4.84 Å². The van der Waals surface area contributed by atoms with E-state index in [-0.39, 0.29) is 5.56 Å². The Balaban J connectivity index is 1.56. The number of anilines is 1. The summed E-state index contributed by atoms with van der Waals surface area (Å²) in [6.07, 6.45) is 0.0159. The van der Waals surface area contributed by atoms with Gasteiger partial charge in [0.2, 0.25) is 0 Å². The highest BCUT2D eigenvalue weighted by Gasteiger charge is 2.23. The maximum absolute atomic E-state index is 13.3. The van der Waals surface area contributed by atoms with Crippen LogP contribution in [0.1, 0.15) is 28.0 Å². The second-order valence-electron chi connectivity index (χ2n) is 7.17. The third-order valence-electron chi connectivity index (χ3n) is 4.78. The monoisotopic (exact) mass is 446 g/mol. The van der Waals surface area contributed by atoms with E-state index in [2.05, 4.69) is 15.6 Å². The molecular formula is C25H20F2N4O2. The van der Waals surface area contributed by atoms with Gasteiger partial charge in [-0.3, -0.25) is 9.48 Å². The van der Waals surface area contributed by atoms with E-state index in [0.29, 0.717) is 11.4 Å². The zero-order valence-corrected chi connectivity index (χ0v) is 17.7.